The number of fused-ring (bicyclic) bond motifs is 1. The first-order chi connectivity index (χ1) is 11.2. The number of benzene rings is 1. The van der Waals surface area contributed by atoms with Crippen molar-refractivity contribution >= 4 is 11.6 Å². The number of piperidine rings is 1. The van der Waals surface area contributed by atoms with Crippen LogP contribution in [0.25, 0.3) is 0 Å². The molecule has 0 bridgehead atoms. The van der Waals surface area contributed by atoms with Crippen LogP contribution in [0.2, 0.25) is 0 Å². The molecule has 0 radical (unpaired) electrons. The SMILES string of the molecule is CC(=O)N1CCOC2CCN(c3c(C#N)cccc3C#N)CC21. The van der Waals surface area contributed by atoms with Crippen LogP contribution in [-0.2, 0) is 9.53 Å². The molecule has 1 aromatic rings. The average Bonchev–Trinajstić information content (AvgIpc) is 2.59. The number of nitrogens with zero attached hydrogens (tertiary/aromatic N) is 4. The highest BCUT2D eigenvalue weighted by Crippen LogP contribution is 2.31. The maximum absolute atomic E-state index is 11.9. The van der Waals surface area contributed by atoms with Gasteiger partial charge in [0.25, 0.3) is 0 Å². The third kappa shape index (κ3) is 2.74. The van der Waals surface area contributed by atoms with Gasteiger partial charge in [0.1, 0.15) is 12.1 Å². The topological polar surface area (TPSA) is 80.4 Å². The van der Waals surface area contributed by atoms with E-state index in [0.717, 1.165) is 6.42 Å². The summed E-state index contributed by atoms with van der Waals surface area (Å²) in [5, 5.41) is 18.7. The highest BCUT2D eigenvalue weighted by Gasteiger charge is 2.39. The van der Waals surface area contributed by atoms with Gasteiger partial charge in [-0.1, -0.05) is 6.07 Å². The molecule has 2 aliphatic heterocycles. The van der Waals surface area contributed by atoms with Crippen LogP contribution in [0.3, 0.4) is 0 Å². The smallest absolute Gasteiger partial charge is 0.219 e. The van der Waals surface area contributed by atoms with Crippen molar-refractivity contribution in [1.29, 1.82) is 10.5 Å². The highest BCUT2D eigenvalue weighted by molar-refractivity contribution is 5.74. The predicted octanol–water partition coefficient (Wildman–Crippen LogP) is 1.26. The summed E-state index contributed by atoms with van der Waals surface area (Å²) in [5.74, 6) is 0.0409. The zero-order chi connectivity index (χ0) is 16.4. The molecule has 0 aromatic heterocycles. The zero-order valence-corrected chi connectivity index (χ0v) is 13.0. The van der Waals surface area contributed by atoms with E-state index in [1.54, 1.807) is 25.1 Å². The summed E-state index contributed by atoms with van der Waals surface area (Å²) < 4.78 is 5.81. The van der Waals surface area contributed by atoms with Gasteiger partial charge in [0.05, 0.1) is 35.6 Å². The van der Waals surface area contributed by atoms with Crippen LogP contribution < -0.4 is 4.90 Å². The molecule has 1 aromatic carbocycles. The van der Waals surface area contributed by atoms with Gasteiger partial charge < -0.3 is 14.5 Å². The third-order valence-electron chi connectivity index (χ3n) is 4.58. The summed E-state index contributed by atoms with van der Waals surface area (Å²) in [4.78, 5) is 15.8. The Labute approximate surface area is 135 Å². The van der Waals surface area contributed by atoms with Gasteiger partial charge in [-0.05, 0) is 18.6 Å². The summed E-state index contributed by atoms with van der Waals surface area (Å²) in [6.45, 7) is 4.03. The molecule has 118 valence electrons. The Bertz CT molecular complexity index is 671. The second kappa shape index (κ2) is 6.28. The minimum atomic E-state index is -0.0340. The van der Waals surface area contributed by atoms with E-state index in [-0.39, 0.29) is 18.1 Å². The maximum Gasteiger partial charge on any atom is 0.219 e. The van der Waals surface area contributed by atoms with Crippen LogP contribution in [0.4, 0.5) is 5.69 Å². The van der Waals surface area contributed by atoms with Crippen molar-refractivity contribution in [1.82, 2.24) is 4.90 Å². The third-order valence-corrected chi connectivity index (χ3v) is 4.58. The molecule has 2 saturated heterocycles. The van der Waals surface area contributed by atoms with E-state index in [1.807, 2.05) is 9.80 Å². The molecule has 3 rings (SSSR count). The van der Waals surface area contributed by atoms with E-state index in [2.05, 4.69) is 12.1 Å². The predicted molar refractivity (Wildman–Crippen MR) is 83.6 cm³/mol. The number of morpholine rings is 1. The van der Waals surface area contributed by atoms with E-state index < -0.39 is 0 Å². The number of anilines is 1. The number of para-hydroxylation sites is 1. The number of amides is 1. The van der Waals surface area contributed by atoms with Gasteiger partial charge in [-0.25, -0.2) is 0 Å². The van der Waals surface area contributed by atoms with Crippen molar-refractivity contribution in [2.24, 2.45) is 0 Å². The van der Waals surface area contributed by atoms with Crippen LogP contribution in [0.5, 0.6) is 0 Å². The second-order valence-corrected chi connectivity index (χ2v) is 5.85. The van der Waals surface area contributed by atoms with Gasteiger partial charge in [0, 0.05) is 26.6 Å². The fourth-order valence-corrected chi connectivity index (χ4v) is 3.53. The molecular formula is C17H18N4O2. The molecule has 2 fully saturated rings. The van der Waals surface area contributed by atoms with E-state index in [9.17, 15) is 15.3 Å². The molecule has 0 aliphatic carbocycles. The van der Waals surface area contributed by atoms with Crippen molar-refractivity contribution in [3.05, 3.63) is 29.3 Å². The molecule has 0 spiro atoms. The lowest BCUT2D eigenvalue weighted by Crippen LogP contribution is -2.61. The zero-order valence-electron chi connectivity index (χ0n) is 13.0. The molecule has 2 atom stereocenters. The number of hydrogen-bond donors (Lipinski definition) is 0. The summed E-state index contributed by atoms with van der Waals surface area (Å²) in [6, 6.07) is 9.47. The number of rotatable bonds is 1. The van der Waals surface area contributed by atoms with Gasteiger partial charge in [0.2, 0.25) is 5.91 Å². The fourth-order valence-electron chi connectivity index (χ4n) is 3.53. The minimum absolute atomic E-state index is 0.0312. The van der Waals surface area contributed by atoms with Crippen LogP contribution in [0.15, 0.2) is 18.2 Å². The minimum Gasteiger partial charge on any atom is -0.374 e. The van der Waals surface area contributed by atoms with Crippen LogP contribution in [0, 0.1) is 22.7 Å². The molecule has 2 aliphatic rings. The average molecular weight is 310 g/mol. The van der Waals surface area contributed by atoms with Crippen molar-refractivity contribution in [2.75, 3.05) is 31.1 Å². The number of carbonyl (C=O) groups is 1. The molecule has 2 heterocycles. The first-order valence-electron chi connectivity index (χ1n) is 7.72. The van der Waals surface area contributed by atoms with E-state index in [0.29, 0.717) is 43.1 Å². The summed E-state index contributed by atoms with van der Waals surface area (Å²) in [7, 11) is 0. The highest BCUT2D eigenvalue weighted by atomic mass is 16.5. The monoisotopic (exact) mass is 310 g/mol. The Kier molecular flexibility index (Phi) is 4.18. The Balaban J connectivity index is 1.93. The molecule has 0 saturated carbocycles. The Morgan fingerprint density at radius 2 is 1.96 bits per heavy atom. The quantitative estimate of drug-likeness (QED) is 0.780. The summed E-state index contributed by atoms with van der Waals surface area (Å²) >= 11 is 0. The number of hydrogen-bond acceptors (Lipinski definition) is 5. The standard InChI is InChI=1S/C17H18N4O2/c1-12(22)21-7-8-23-16-5-6-20(11-15(16)21)17-13(9-18)3-2-4-14(17)10-19/h2-4,15-16H,5-8,11H2,1H3. The van der Waals surface area contributed by atoms with E-state index in [1.165, 1.54) is 0 Å². The Hall–Kier alpha value is -2.57. The lowest BCUT2D eigenvalue weighted by molar-refractivity contribution is -0.145. The van der Waals surface area contributed by atoms with E-state index in [4.69, 9.17) is 4.74 Å². The van der Waals surface area contributed by atoms with Crippen molar-refractivity contribution in [3.8, 4) is 12.1 Å². The van der Waals surface area contributed by atoms with Gasteiger partial charge in [-0.2, -0.15) is 10.5 Å². The number of carbonyl (C=O) groups excluding carboxylic acids is 1. The Morgan fingerprint density at radius 3 is 2.57 bits per heavy atom. The number of ether oxygens (including phenoxy) is 1. The van der Waals surface area contributed by atoms with Crippen LogP contribution in [0.1, 0.15) is 24.5 Å². The lowest BCUT2D eigenvalue weighted by Gasteiger charge is -2.47. The fraction of sp³-hybridized carbons (Fsp3) is 0.471. The molecule has 23 heavy (non-hydrogen) atoms. The Morgan fingerprint density at radius 1 is 1.26 bits per heavy atom. The lowest BCUT2D eigenvalue weighted by atomic mass is 9.96. The van der Waals surface area contributed by atoms with Gasteiger partial charge >= 0.3 is 0 Å². The second-order valence-electron chi connectivity index (χ2n) is 5.85. The van der Waals surface area contributed by atoms with Crippen LogP contribution >= 0.6 is 0 Å². The van der Waals surface area contributed by atoms with Gasteiger partial charge in [0.15, 0.2) is 0 Å². The first kappa shape index (κ1) is 15.3. The molecule has 6 nitrogen and oxygen atoms in total. The normalized spacial score (nSPS) is 23.6. The first-order valence-corrected chi connectivity index (χ1v) is 7.72. The largest absolute Gasteiger partial charge is 0.374 e. The molecule has 1 amide bonds. The number of nitriles is 2. The molecule has 2 unspecified atom stereocenters. The van der Waals surface area contributed by atoms with Gasteiger partial charge in [-0.3, -0.25) is 4.79 Å². The maximum atomic E-state index is 11.9. The van der Waals surface area contributed by atoms with Crippen molar-refractivity contribution in [2.45, 2.75) is 25.5 Å². The molecule has 6 heteroatoms. The van der Waals surface area contributed by atoms with Crippen LogP contribution in [-0.4, -0.2) is 49.2 Å². The van der Waals surface area contributed by atoms with Crippen molar-refractivity contribution < 1.29 is 9.53 Å². The summed E-state index contributed by atoms with van der Waals surface area (Å²) in [5.41, 5.74) is 1.66. The summed E-state index contributed by atoms with van der Waals surface area (Å²) in [6.07, 6.45) is 0.808. The molecule has 0 N–H and O–H groups in total. The van der Waals surface area contributed by atoms with Crippen molar-refractivity contribution in [3.63, 3.8) is 0 Å². The molecular weight excluding hydrogens is 292 g/mol. The van der Waals surface area contributed by atoms with E-state index >= 15 is 0 Å². The van der Waals surface area contributed by atoms with Gasteiger partial charge in [-0.15, -0.1) is 0 Å².